The predicted octanol–water partition coefficient (Wildman–Crippen LogP) is 6.69. The number of hydrogen-bond donors (Lipinski definition) is 1. The summed E-state index contributed by atoms with van der Waals surface area (Å²) in [7, 11) is 0. The summed E-state index contributed by atoms with van der Waals surface area (Å²) in [5.41, 5.74) is 2.85. The zero-order valence-electron chi connectivity index (χ0n) is 17.0. The molecule has 1 atom stereocenters. The standard InChI is InChI=1S/C22H20F3NO5/c1-4-18(30-21(27)28)20-13(3)11-26-17-9-12(2)19(10-16(17)20)29-14-5-7-15(8-6-14)31-22(23,24)25/h5-11,18H,4H2,1-3H3,(H,27,28). The molecule has 3 aromatic rings. The number of aryl methyl sites for hydroxylation is 2. The molecule has 0 spiro atoms. The summed E-state index contributed by atoms with van der Waals surface area (Å²) in [6.07, 6.45) is -4.74. The molecule has 0 aliphatic carbocycles. The molecule has 31 heavy (non-hydrogen) atoms. The Kier molecular flexibility index (Phi) is 6.24. The topological polar surface area (TPSA) is 77.9 Å². The highest BCUT2D eigenvalue weighted by Crippen LogP contribution is 2.36. The van der Waals surface area contributed by atoms with Crippen molar-refractivity contribution in [3.05, 3.63) is 59.3 Å². The number of ether oxygens (including phenoxy) is 3. The van der Waals surface area contributed by atoms with Gasteiger partial charge in [-0.25, -0.2) is 4.79 Å². The summed E-state index contributed by atoms with van der Waals surface area (Å²) in [5, 5.41) is 9.75. The van der Waals surface area contributed by atoms with Crippen LogP contribution in [0.5, 0.6) is 17.2 Å². The van der Waals surface area contributed by atoms with Gasteiger partial charge < -0.3 is 19.3 Å². The highest BCUT2D eigenvalue weighted by Gasteiger charge is 2.31. The van der Waals surface area contributed by atoms with Gasteiger partial charge in [0.25, 0.3) is 0 Å². The molecular weight excluding hydrogens is 415 g/mol. The summed E-state index contributed by atoms with van der Waals surface area (Å²) >= 11 is 0. The maximum Gasteiger partial charge on any atom is 0.573 e. The van der Waals surface area contributed by atoms with Crippen LogP contribution in [-0.4, -0.2) is 22.6 Å². The van der Waals surface area contributed by atoms with Crippen LogP contribution in [0, 0.1) is 13.8 Å². The van der Waals surface area contributed by atoms with Crippen LogP contribution in [0.4, 0.5) is 18.0 Å². The Morgan fingerprint density at radius 1 is 1.10 bits per heavy atom. The summed E-state index contributed by atoms with van der Waals surface area (Å²) in [4.78, 5) is 15.5. The van der Waals surface area contributed by atoms with E-state index in [1.165, 1.54) is 12.1 Å². The summed E-state index contributed by atoms with van der Waals surface area (Å²) < 4.78 is 51.8. The Hall–Kier alpha value is -3.49. The van der Waals surface area contributed by atoms with E-state index in [-0.39, 0.29) is 5.75 Å². The number of hydrogen-bond acceptors (Lipinski definition) is 5. The number of nitrogens with zero attached hydrogens (tertiary/aromatic N) is 1. The molecular formula is C22H20F3NO5. The molecule has 0 saturated carbocycles. The monoisotopic (exact) mass is 435 g/mol. The van der Waals surface area contributed by atoms with Crippen LogP contribution >= 0.6 is 0 Å². The molecule has 1 heterocycles. The second kappa shape index (κ2) is 8.71. The molecule has 0 amide bonds. The van der Waals surface area contributed by atoms with Gasteiger partial charge >= 0.3 is 12.5 Å². The quantitative estimate of drug-likeness (QED) is 0.435. The number of rotatable bonds is 6. The average Bonchev–Trinajstić information content (AvgIpc) is 2.67. The third kappa shape index (κ3) is 5.36. The van der Waals surface area contributed by atoms with Crippen molar-refractivity contribution >= 4 is 17.1 Å². The van der Waals surface area contributed by atoms with E-state index >= 15 is 0 Å². The SMILES string of the molecule is CCC(OC(=O)O)c1c(C)cnc2cc(C)c(Oc3ccc(OC(F)(F)F)cc3)cc12. The number of carbonyl (C=O) groups is 1. The molecule has 1 unspecified atom stereocenters. The lowest BCUT2D eigenvalue weighted by Crippen LogP contribution is -2.16. The van der Waals surface area contributed by atoms with Crippen LogP contribution in [0.1, 0.15) is 36.1 Å². The van der Waals surface area contributed by atoms with Gasteiger partial charge in [-0.15, -0.1) is 13.2 Å². The number of aromatic nitrogens is 1. The van der Waals surface area contributed by atoms with Crippen molar-refractivity contribution in [2.24, 2.45) is 0 Å². The van der Waals surface area contributed by atoms with Crippen LogP contribution in [0.3, 0.4) is 0 Å². The van der Waals surface area contributed by atoms with Crippen molar-refractivity contribution in [1.29, 1.82) is 0 Å². The van der Waals surface area contributed by atoms with Crippen LogP contribution in [0.25, 0.3) is 10.9 Å². The van der Waals surface area contributed by atoms with Gasteiger partial charge in [0.05, 0.1) is 5.52 Å². The van der Waals surface area contributed by atoms with Crippen molar-refractivity contribution in [1.82, 2.24) is 4.98 Å². The fourth-order valence-corrected chi connectivity index (χ4v) is 3.29. The lowest BCUT2D eigenvalue weighted by atomic mass is 9.96. The summed E-state index contributed by atoms with van der Waals surface area (Å²) in [6, 6.07) is 8.57. The number of fused-ring (bicyclic) bond motifs is 1. The largest absolute Gasteiger partial charge is 0.573 e. The predicted molar refractivity (Wildman–Crippen MR) is 107 cm³/mol. The molecule has 3 rings (SSSR count). The van der Waals surface area contributed by atoms with Gasteiger partial charge in [-0.3, -0.25) is 4.98 Å². The molecule has 0 aliphatic rings. The maximum atomic E-state index is 12.3. The minimum atomic E-state index is -4.77. The van der Waals surface area contributed by atoms with Gasteiger partial charge in [0.2, 0.25) is 0 Å². The van der Waals surface area contributed by atoms with Crippen molar-refractivity contribution in [2.45, 2.75) is 39.7 Å². The van der Waals surface area contributed by atoms with Gasteiger partial charge in [-0.1, -0.05) is 6.92 Å². The van der Waals surface area contributed by atoms with E-state index < -0.39 is 18.6 Å². The zero-order valence-corrected chi connectivity index (χ0v) is 17.0. The minimum Gasteiger partial charge on any atom is -0.457 e. The minimum absolute atomic E-state index is 0.313. The highest BCUT2D eigenvalue weighted by atomic mass is 19.4. The molecule has 0 radical (unpaired) electrons. The maximum absolute atomic E-state index is 12.3. The lowest BCUT2D eigenvalue weighted by Gasteiger charge is -2.20. The van der Waals surface area contributed by atoms with E-state index in [1.54, 1.807) is 18.3 Å². The Morgan fingerprint density at radius 3 is 2.32 bits per heavy atom. The van der Waals surface area contributed by atoms with Gasteiger partial charge in [0.1, 0.15) is 23.4 Å². The summed E-state index contributed by atoms with van der Waals surface area (Å²) in [5.74, 6) is 0.414. The fraction of sp³-hybridized carbons (Fsp3) is 0.273. The second-order valence-corrected chi connectivity index (χ2v) is 6.89. The molecule has 0 saturated heterocycles. The molecule has 1 N–H and O–H groups in total. The van der Waals surface area contributed by atoms with Gasteiger partial charge in [0, 0.05) is 17.1 Å². The zero-order chi connectivity index (χ0) is 22.8. The molecule has 6 nitrogen and oxygen atoms in total. The molecule has 0 bridgehead atoms. The van der Waals surface area contributed by atoms with Crippen molar-refractivity contribution in [3.8, 4) is 17.2 Å². The normalized spacial score (nSPS) is 12.5. The Labute approximate surface area is 176 Å². The van der Waals surface area contributed by atoms with Crippen LogP contribution in [-0.2, 0) is 4.74 Å². The van der Waals surface area contributed by atoms with E-state index in [0.29, 0.717) is 34.4 Å². The smallest absolute Gasteiger partial charge is 0.457 e. The first-order valence-corrected chi connectivity index (χ1v) is 9.40. The van der Waals surface area contributed by atoms with Crippen molar-refractivity contribution in [3.63, 3.8) is 0 Å². The van der Waals surface area contributed by atoms with E-state index in [4.69, 9.17) is 14.6 Å². The first kappa shape index (κ1) is 22.2. The first-order valence-electron chi connectivity index (χ1n) is 9.40. The third-order valence-corrected chi connectivity index (χ3v) is 4.63. The van der Waals surface area contributed by atoms with E-state index in [0.717, 1.165) is 23.3 Å². The van der Waals surface area contributed by atoms with Gasteiger partial charge in [0.15, 0.2) is 0 Å². The van der Waals surface area contributed by atoms with Gasteiger partial charge in [-0.05, 0) is 67.8 Å². The second-order valence-electron chi connectivity index (χ2n) is 6.89. The van der Waals surface area contributed by atoms with E-state index in [2.05, 4.69) is 9.72 Å². The lowest BCUT2D eigenvalue weighted by molar-refractivity contribution is -0.274. The summed E-state index contributed by atoms with van der Waals surface area (Å²) in [6.45, 7) is 5.44. The molecule has 164 valence electrons. The number of carboxylic acid groups (broad SMARTS) is 1. The fourth-order valence-electron chi connectivity index (χ4n) is 3.29. The number of benzene rings is 2. The first-order chi connectivity index (χ1) is 14.6. The van der Waals surface area contributed by atoms with Crippen molar-refractivity contribution < 1.29 is 37.3 Å². The van der Waals surface area contributed by atoms with Gasteiger partial charge in [-0.2, -0.15) is 0 Å². The molecule has 9 heteroatoms. The highest BCUT2D eigenvalue weighted by molar-refractivity contribution is 5.86. The van der Waals surface area contributed by atoms with E-state index in [9.17, 15) is 18.0 Å². The molecule has 0 aliphatic heterocycles. The molecule has 2 aromatic carbocycles. The number of alkyl halides is 3. The average molecular weight is 435 g/mol. The van der Waals surface area contributed by atoms with Crippen LogP contribution in [0.2, 0.25) is 0 Å². The third-order valence-electron chi connectivity index (χ3n) is 4.63. The Bertz CT molecular complexity index is 1100. The molecule has 0 fully saturated rings. The van der Waals surface area contributed by atoms with Crippen LogP contribution in [0.15, 0.2) is 42.6 Å². The Morgan fingerprint density at radius 2 is 1.74 bits per heavy atom. The number of pyridine rings is 1. The van der Waals surface area contributed by atoms with Crippen LogP contribution < -0.4 is 9.47 Å². The molecule has 1 aromatic heterocycles. The van der Waals surface area contributed by atoms with Crippen molar-refractivity contribution in [2.75, 3.05) is 0 Å². The number of halogens is 3. The Balaban J connectivity index is 1.99. The van der Waals surface area contributed by atoms with E-state index in [1.807, 2.05) is 20.8 Å².